The third-order valence-corrected chi connectivity index (χ3v) is 2.63. The summed E-state index contributed by atoms with van der Waals surface area (Å²) in [5, 5.41) is 36.6. The zero-order chi connectivity index (χ0) is 19.7. The molecule has 0 aliphatic carbocycles. The van der Waals surface area contributed by atoms with Crippen molar-refractivity contribution in [2.45, 2.75) is 26.4 Å². The first kappa shape index (κ1) is 19.5. The molecule has 0 saturated carbocycles. The average Bonchev–Trinajstić information content (AvgIpc) is 2.42. The third-order valence-electron chi connectivity index (χ3n) is 2.63. The lowest BCUT2D eigenvalue weighted by Crippen LogP contribution is -2.29. The van der Waals surface area contributed by atoms with Gasteiger partial charge in [-0.25, -0.2) is 29.0 Å². The van der Waals surface area contributed by atoms with Gasteiger partial charge in [0.2, 0.25) is 0 Å². The summed E-state index contributed by atoms with van der Waals surface area (Å²) in [5.41, 5.74) is -7.56. The molecule has 0 radical (unpaired) electrons. The van der Waals surface area contributed by atoms with Crippen molar-refractivity contribution in [2.75, 3.05) is 0 Å². The SMILES string of the molecule is CC(C)(C)OC(=O)c1nc(C(=O)O)c(C(=O)O)c(C(=O)O)c1C(=O)O. The molecule has 1 rings (SSSR count). The molecule has 1 aromatic heterocycles. The lowest BCUT2D eigenvalue weighted by atomic mass is 9.97. The molecule has 0 spiro atoms. The zero-order valence-corrected chi connectivity index (χ0v) is 13.2. The maximum atomic E-state index is 12.1. The van der Waals surface area contributed by atoms with Crippen LogP contribution in [0, 0.1) is 0 Å². The normalized spacial score (nSPS) is 10.8. The molecule has 0 aliphatic rings. The van der Waals surface area contributed by atoms with E-state index in [1.54, 1.807) is 0 Å². The number of carboxylic acids is 4. The minimum Gasteiger partial charge on any atom is -0.478 e. The molecular formula is C14H13NO10. The largest absolute Gasteiger partial charge is 0.478 e. The van der Waals surface area contributed by atoms with Crippen LogP contribution in [0.4, 0.5) is 0 Å². The number of carbonyl (C=O) groups is 5. The van der Waals surface area contributed by atoms with Crippen LogP contribution in [0.15, 0.2) is 0 Å². The third kappa shape index (κ3) is 4.07. The highest BCUT2D eigenvalue weighted by molar-refractivity contribution is 6.16. The van der Waals surface area contributed by atoms with Crippen LogP contribution in [0.5, 0.6) is 0 Å². The molecular weight excluding hydrogens is 342 g/mol. The lowest BCUT2D eigenvalue weighted by molar-refractivity contribution is 0.00582. The Labute approximate surface area is 139 Å². The van der Waals surface area contributed by atoms with Gasteiger partial charge in [0.15, 0.2) is 11.4 Å². The quantitative estimate of drug-likeness (QED) is 0.547. The summed E-state index contributed by atoms with van der Waals surface area (Å²) in [6.07, 6.45) is 0. The zero-order valence-electron chi connectivity index (χ0n) is 13.2. The van der Waals surface area contributed by atoms with Gasteiger partial charge in [-0.2, -0.15) is 0 Å². The van der Waals surface area contributed by atoms with Crippen molar-refractivity contribution in [1.29, 1.82) is 0 Å². The van der Waals surface area contributed by atoms with E-state index in [4.69, 9.17) is 14.9 Å². The van der Waals surface area contributed by atoms with Crippen LogP contribution in [0.25, 0.3) is 0 Å². The van der Waals surface area contributed by atoms with Gasteiger partial charge in [0, 0.05) is 0 Å². The molecule has 0 atom stereocenters. The summed E-state index contributed by atoms with van der Waals surface area (Å²) in [5.74, 6) is -9.43. The molecule has 25 heavy (non-hydrogen) atoms. The first-order valence-corrected chi connectivity index (χ1v) is 6.52. The van der Waals surface area contributed by atoms with Crippen molar-refractivity contribution >= 4 is 29.8 Å². The van der Waals surface area contributed by atoms with Crippen LogP contribution in [0.3, 0.4) is 0 Å². The topological polar surface area (TPSA) is 188 Å². The van der Waals surface area contributed by atoms with Crippen LogP contribution in [-0.2, 0) is 4.74 Å². The number of hydrogen-bond donors (Lipinski definition) is 4. The van der Waals surface area contributed by atoms with E-state index >= 15 is 0 Å². The van der Waals surface area contributed by atoms with Gasteiger partial charge in [-0.3, -0.25) is 0 Å². The molecule has 134 valence electrons. The van der Waals surface area contributed by atoms with E-state index in [2.05, 4.69) is 4.98 Å². The number of esters is 1. The van der Waals surface area contributed by atoms with Gasteiger partial charge in [-0.05, 0) is 20.8 Å². The summed E-state index contributed by atoms with van der Waals surface area (Å²) in [7, 11) is 0. The average molecular weight is 355 g/mol. The highest BCUT2D eigenvalue weighted by atomic mass is 16.6. The van der Waals surface area contributed by atoms with Gasteiger partial charge in [-0.15, -0.1) is 0 Å². The van der Waals surface area contributed by atoms with Crippen molar-refractivity contribution in [1.82, 2.24) is 4.98 Å². The second-order valence-electron chi connectivity index (χ2n) is 5.66. The van der Waals surface area contributed by atoms with Gasteiger partial charge in [0.25, 0.3) is 0 Å². The van der Waals surface area contributed by atoms with Crippen molar-refractivity contribution in [3.63, 3.8) is 0 Å². The number of rotatable bonds is 5. The molecule has 0 aliphatic heterocycles. The summed E-state index contributed by atoms with van der Waals surface area (Å²) in [6, 6.07) is 0. The maximum Gasteiger partial charge on any atom is 0.358 e. The Morgan fingerprint density at radius 1 is 0.720 bits per heavy atom. The second-order valence-corrected chi connectivity index (χ2v) is 5.66. The smallest absolute Gasteiger partial charge is 0.358 e. The Kier molecular flexibility index (Phi) is 5.12. The molecule has 0 fully saturated rings. The Balaban J connectivity index is 3.99. The Morgan fingerprint density at radius 3 is 1.44 bits per heavy atom. The minimum atomic E-state index is -2.05. The minimum absolute atomic E-state index is 1.12. The number of pyridine rings is 1. The van der Waals surface area contributed by atoms with Crippen LogP contribution in [0.1, 0.15) is 72.8 Å². The molecule has 11 nitrogen and oxygen atoms in total. The van der Waals surface area contributed by atoms with Crippen LogP contribution in [-0.4, -0.2) is 60.9 Å². The Morgan fingerprint density at radius 2 is 1.12 bits per heavy atom. The Hall–Kier alpha value is -3.50. The molecule has 11 heteroatoms. The molecule has 0 unspecified atom stereocenters. The number of carbonyl (C=O) groups excluding carboxylic acids is 1. The van der Waals surface area contributed by atoms with E-state index in [-0.39, 0.29) is 0 Å². The number of aromatic carboxylic acids is 4. The number of nitrogens with zero attached hydrogens (tertiary/aromatic N) is 1. The van der Waals surface area contributed by atoms with Crippen molar-refractivity contribution in [3.8, 4) is 0 Å². The molecule has 4 N–H and O–H groups in total. The van der Waals surface area contributed by atoms with Gasteiger partial charge in [-0.1, -0.05) is 0 Å². The first-order chi connectivity index (χ1) is 11.3. The van der Waals surface area contributed by atoms with E-state index in [1.165, 1.54) is 20.8 Å². The van der Waals surface area contributed by atoms with Crippen molar-refractivity contribution in [2.24, 2.45) is 0 Å². The van der Waals surface area contributed by atoms with E-state index in [0.29, 0.717) is 0 Å². The lowest BCUT2D eigenvalue weighted by Gasteiger charge is -2.20. The maximum absolute atomic E-state index is 12.1. The van der Waals surface area contributed by atoms with Crippen molar-refractivity contribution < 1.29 is 49.1 Å². The van der Waals surface area contributed by atoms with E-state index in [9.17, 15) is 34.2 Å². The first-order valence-electron chi connectivity index (χ1n) is 6.52. The van der Waals surface area contributed by atoms with Crippen molar-refractivity contribution in [3.05, 3.63) is 28.1 Å². The van der Waals surface area contributed by atoms with Crippen LogP contribution in [0.2, 0.25) is 0 Å². The monoisotopic (exact) mass is 355 g/mol. The number of aromatic nitrogens is 1. The predicted molar refractivity (Wildman–Crippen MR) is 77.2 cm³/mol. The predicted octanol–water partition coefficient (Wildman–Crippen LogP) is 0.830. The highest BCUT2D eigenvalue weighted by Gasteiger charge is 2.37. The molecule has 0 aromatic carbocycles. The van der Waals surface area contributed by atoms with E-state index in [1.807, 2.05) is 0 Å². The summed E-state index contributed by atoms with van der Waals surface area (Å²) in [4.78, 5) is 60.7. The van der Waals surface area contributed by atoms with Crippen LogP contribution >= 0.6 is 0 Å². The fraction of sp³-hybridized carbons (Fsp3) is 0.286. The fourth-order valence-electron chi connectivity index (χ4n) is 1.84. The number of carboxylic acid groups (broad SMARTS) is 4. The van der Waals surface area contributed by atoms with Crippen LogP contribution < -0.4 is 0 Å². The van der Waals surface area contributed by atoms with E-state index < -0.39 is 63.5 Å². The van der Waals surface area contributed by atoms with E-state index in [0.717, 1.165) is 0 Å². The summed E-state index contributed by atoms with van der Waals surface area (Å²) < 4.78 is 4.89. The molecule has 0 bridgehead atoms. The van der Waals surface area contributed by atoms with Gasteiger partial charge in [0.05, 0.1) is 5.56 Å². The highest BCUT2D eigenvalue weighted by Crippen LogP contribution is 2.24. The standard InChI is InChI=1S/C14H13NO10/c1-14(2,3)25-13(24)8-6(11(20)21)4(9(16)17)5(10(18)19)7(15-8)12(22)23/h1-3H3,(H,16,17)(H,18,19)(H,20,21)(H,22,23). The molecule has 0 saturated heterocycles. The number of ether oxygens (including phenoxy) is 1. The Bertz CT molecular complexity index is 803. The molecule has 1 heterocycles. The molecule has 0 amide bonds. The summed E-state index contributed by atoms with van der Waals surface area (Å²) in [6.45, 7) is 4.27. The van der Waals surface area contributed by atoms with Gasteiger partial charge in [0.1, 0.15) is 16.7 Å². The van der Waals surface area contributed by atoms with Gasteiger partial charge >= 0.3 is 29.8 Å². The second kappa shape index (κ2) is 6.55. The molecule has 1 aromatic rings. The van der Waals surface area contributed by atoms with Gasteiger partial charge < -0.3 is 25.2 Å². The number of hydrogen-bond acceptors (Lipinski definition) is 7. The fourth-order valence-corrected chi connectivity index (χ4v) is 1.84. The summed E-state index contributed by atoms with van der Waals surface area (Å²) >= 11 is 0.